The van der Waals surface area contributed by atoms with Crippen LogP contribution < -0.4 is 10.2 Å². The average Bonchev–Trinajstić information content (AvgIpc) is 2.73. The molecule has 4 rings (SSSR count). The second-order valence-electron chi connectivity index (χ2n) is 6.65. The van der Waals surface area contributed by atoms with Gasteiger partial charge in [0.1, 0.15) is 29.6 Å². The molecule has 0 unspecified atom stereocenters. The van der Waals surface area contributed by atoms with Crippen molar-refractivity contribution in [2.75, 3.05) is 0 Å². The van der Waals surface area contributed by atoms with E-state index in [1.807, 2.05) is 0 Å². The minimum absolute atomic E-state index is 0.0149. The topological polar surface area (TPSA) is 39.4 Å². The van der Waals surface area contributed by atoms with Crippen LogP contribution in [0.4, 0.5) is 22.0 Å². The van der Waals surface area contributed by atoms with E-state index in [1.54, 1.807) is 6.07 Å². The predicted octanol–water partition coefficient (Wildman–Crippen LogP) is 6.34. The Balaban J connectivity index is 1.79. The Labute approximate surface area is 172 Å². The summed E-state index contributed by atoms with van der Waals surface area (Å²) in [5, 5.41) is -0.0868. The molecule has 0 atom stereocenters. The van der Waals surface area contributed by atoms with Crippen LogP contribution in [0.15, 0.2) is 75.9 Å². The first kappa shape index (κ1) is 20.6. The second kappa shape index (κ2) is 7.86. The Morgan fingerprint density at radius 1 is 0.871 bits per heavy atom. The lowest BCUT2D eigenvalue weighted by atomic mass is 10.0. The zero-order valence-electron chi connectivity index (χ0n) is 15.7. The van der Waals surface area contributed by atoms with Gasteiger partial charge in [-0.05, 0) is 29.8 Å². The Kier molecular flexibility index (Phi) is 5.22. The standard InChI is InChI=1S/C23H13F5O3/c24-17-7-4-8-18(25)16(17)12-30-14-9-10-15-19(11-14)31-22(23(26,27)28)20(21(15)29)13-5-2-1-3-6-13/h1-11H,12H2. The molecule has 1 heterocycles. The van der Waals surface area contributed by atoms with Crippen LogP contribution in [-0.4, -0.2) is 0 Å². The van der Waals surface area contributed by atoms with Gasteiger partial charge < -0.3 is 9.15 Å². The Morgan fingerprint density at radius 2 is 1.55 bits per heavy atom. The highest BCUT2D eigenvalue weighted by Crippen LogP contribution is 2.37. The number of hydrogen-bond acceptors (Lipinski definition) is 3. The molecule has 0 bridgehead atoms. The smallest absolute Gasteiger partial charge is 0.450 e. The minimum Gasteiger partial charge on any atom is -0.489 e. The maximum absolute atomic E-state index is 13.7. The quantitative estimate of drug-likeness (QED) is 0.354. The zero-order valence-corrected chi connectivity index (χ0v) is 15.7. The highest BCUT2D eigenvalue weighted by Gasteiger charge is 2.39. The second-order valence-corrected chi connectivity index (χ2v) is 6.65. The van der Waals surface area contributed by atoms with E-state index >= 15 is 0 Å². The Morgan fingerprint density at radius 3 is 2.19 bits per heavy atom. The SMILES string of the molecule is O=c1c(-c2ccccc2)c(C(F)(F)F)oc2cc(OCc3c(F)cccc3F)ccc12. The van der Waals surface area contributed by atoms with Crippen molar-refractivity contribution in [3.05, 3.63) is 99.9 Å². The molecule has 0 amide bonds. The van der Waals surface area contributed by atoms with Gasteiger partial charge in [0, 0.05) is 6.07 Å². The third kappa shape index (κ3) is 4.01. The third-order valence-electron chi connectivity index (χ3n) is 4.63. The van der Waals surface area contributed by atoms with E-state index < -0.39 is 41.2 Å². The summed E-state index contributed by atoms with van der Waals surface area (Å²) in [5.74, 6) is -3.09. The van der Waals surface area contributed by atoms with E-state index in [0.717, 1.165) is 18.2 Å². The summed E-state index contributed by atoms with van der Waals surface area (Å²) in [5.41, 5.74) is -2.07. The van der Waals surface area contributed by atoms with Gasteiger partial charge in [0.15, 0.2) is 0 Å². The third-order valence-corrected chi connectivity index (χ3v) is 4.63. The summed E-state index contributed by atoms with van der Waals surface area (Å²) in [6.07, 6.45) is -4.92. The molecule has 0 saturated carbocycles. The first-order valence-corrected chi connectivity index (χ1v) is 9.05. The summed E-state index contributed by atoms with van der Waals surface area (Å²) in [4.78, 5) is 12.9. The van der Waals surface area contributed by atoms with Crippen LogP contribution in [0, 0.1) is 11.6 Å². The molecule has 0 fully saturated rings. The molecule has 0 aliphatic carbocycles. The maximum Gasteiger partial charge on any atom is 0.450 e. The van der Waals surface area contributed by atoms with Crippen molar-refractivity contribution in [3.8, 4) is 16.9 Å². The largest absolute Gasteiger partial charge is 0.489 e. The lowest BCUT2D eigenvalue weighted by molar-refractivity contribution is -0.152. The molecule has 0 spiro atoms. The van der Waals surface area contributed by atoms with Gasteiger partial charge in [0.25, 0.3) is 0 Å². The van der Waals surface area contributed by atoms with E-state index in [9.17, 15) is 26.7 Å². The molecule has 3 aromatic carbocycles. The number of hydrogen-bond donors (Lipinski definition) is 0. The molecule has 0 aliphatic heterocycles. The van der Waals surface area contributed by atoms with E-state index in [2.05, 4.69) is 0 Å². The van der Waals surface area contributed by atoms with Crippen LogP contribution in [-0.2, 0) is 12.8 Å². The van der Waals surface area contributed by atoms with Gasteiger partial charge in [-0.25, -0.2) is 8.78 Å². The van der Waals surface area contributed by atoms with Crippen molar-refractivity contribution < 1.29 is 31.1 Å². The molecule has 0 radical (unpaired) electrons. The fourth-order valence-corrected chi connectivity index (χ4v) is 3.16. The monoisotopic (exact) mass is 432 g/mol. The van der Waals surface area contributed by atoms with Gasteiger partial charge in [-0.3, -0.25) is 4.79 Å². The molecule has 8 heteroatoms. The van der Waals surface area contributed by atoms with Crippen molar-refractivity contribution >= 4 is 11.0 Å². The highest BCUT2D eigenvalue weighted by molar-refractivity contribution is 5.84. The minimum atomic E-state index is -4.92. The van der Waals surface area contributed by atoms with E-state index in [0.29, 0.717) is 0 Å². The fourth-order valence-electron chi connectivity index (χ4n) is 3.16. The molecule has 3 nitrogen and oxygen atoms in total. The molecule has 158 valence electrons. The van der Waals surface area contributed by atoms with E-state index in [4.69, 9.17) is 9.15 Å². The molecule has 0 N–H and O–H groups in total. The molecule has 31 heavy (non-hydrogen) atoms. The van der Waals surface area contributed by atoms with Gasteiger partial charge in [-0.2, -0.15) is 13.2 Å². The number of fused-ring (bicyclic) bond motifs is 1. The van der Waals surface area contributed by atoms with Crippen LogP contribution in [0.1, 0.15) is 11.3 Å². The van der Waals surface area contributed by atoms with Crippen molar-refractivity contribution in [1.82, 2.24) is 0 Å². The Bertz CT molecular complexity index is 1290. The summed E-state index contributed by atoms with van der Waals surface area (Å²) >= 11 is 0. The molecule has 0 aliphatic rings. The maximum atomic E-state index is 13.7. The molecule has 0 saturated heterocycles. The molecular weight excluding hydrogens is 419 g/mol. The van der Waals surface area contributed by atoms with Crippen molar-refractivity contribution in [2.24, 2.45) is 0 Å². The first-order valence-electron chi connectivity index (χ1n) is 9.05. The number of alkyl halides is 3. The van der Waals surface area contributed by atoms with Gasteiger partial charge in [0.2, 0.25) is 11.2 Å². The first-order chi connectivity index (χ1) is 14.8. The highest BCUT2D eigenvalue weighted by atomic mass is 19.4. The normalized spacial score (nSPS) is 11.6. The zero-order chi connectivity index (χ0) is 22.2. The van der Waals surface area contributed by atoms with Crippen LogP contribution in [0.2, 0.25) is 0 Å². The van der Waals surface area contributed by atoms with Crippen LogP contribution >= 0.6 is 0 Å². The molecule has 1 aromatic heterocycles. The van der Waals surface area contributed by atoms with Gasteiger partial charge >= 0.3 is 6.18 Å². The van der Waals surface area contributed by atoms with Gasteiger partial charge in [-0.1, -0.05) is 36.4 Å². The number of halogens is 5. The lowest BCUT2D eigenvalue weighted by Crippen LogP contribution is -2.16. The summed E-state index contributed by atoms with van der Waals surface area (Å²) in [7, 11) is 0. The van der Waals surface area contributed by atoms with Crippen LogP contribution in [0.5, 0.6) is 5.75 Å². The lowest BCUT2D eigenvalue weighted by Gasteiger charge is -2.13. The Hall–Kier alpha value is -3.68. The van der Waals surface area contributed by atoms with Crippen molar-refractivity contribution in [3.63, 3.8) is 0 Å². The van der Waals surface area contributed by atoms with Gasteiger partial charge in [0.05, 0.1) is 16.5 Å². The number of ether oxygens (including phenoxy) is 1. The van der Waals surface area contributed by atoms with E-state index in [1.165, 1.54) is 42.5 Å². The van der Waals surface area contributed by atoms with E-state index in [-0.39, 0.29) is 27.8 Å². The molecular formula is C23H13F5O3. The van der Waals surface area contributed by atoms with Crippen molar-refractivity contribution in [1.29, 1.82) is 0 Å². The van der Waals surface area contributed by atoms with Crippen molar-refractivity contribution in [2.45, 2.75) is 12.8 Å². The van der Waals surface area contributed by atoms with Gasteiger partial charge in [-0.15, -0.1) is 0 Å². The number of rotatable bonds is 4. The summed E-state index contributed by atoms with van der Waals surface area (Å²) < 4.78 is 78.8. The summed E-state index contributed by atoms with van der Waals surface area (Å²) in [6.45, 7) is -0.498. The van der Waals surface area contributed by atoms with Crippen LogP contribution in [0.3, 0.4) is 0 Å². The van der Waals surface area contributed by atoms with Crippen LogP contribution in [0.25, 0.3) is 22.1 Å². The molecule has 4 aromatic rings. The number of benzene rings is 3. The fraction of sp³-hybridized carbons (Fsp3) is 0.0870. The average molecular weight is 432 g/mol. The predicted molar refractivity (Wildman–Crippen MR) is 104 cm³/mol. The summed E-state index contributed by atoms with van der Waals surface area (Å²) in [6, 6.07) is 14.4.